The fourth-order valence-corrected chi connectivity index (χ4v) is 2.35. The lowest BCUT2D eigenvalue weighted by molar-refractivity contribution is 0.456. The van der Waals surface area contributed by atoms with E-state index in [4.69, 9.17) is 0 Å². The van der Waals surface area contributed by atoms with Crippen LogP contribution < -0.4 is 5.32 Å². The molecule has 0 aliphatic heterocycles. The van der Waals surface area contributed by atoms with Crippen LogP contribution in [0.15, 0.2) is 36.7 Å². The molecule has 0 saturated heterocycles. The maximum absolute atomic E-state index is 3.99. The molecule has 2 N–H and O–H groups in total. The van der Waals surface area contributed by atoms with Crippen molar-refractivity contribution in [3.8, 4) is 0 Å². The quantitative estimate of drug-likeness (QED) is 0.832. The Kier molecular flexibility index (Phi) is 4.74. The number of rotatable bonds is 6. The average Bonchev–Trinajstić information content (AvgIpc) is 2.90. The standard InChI is InChI=1S/C16H23N3/c1-12-5-4-6-15(9-12)8-7-13(2)19-14(3)16-10-17-18-11-16/h4-6,9-11,13-14,19H,7-8H2,1-3H3,(H,17,18). The van der Waals surface area contributed by atoms with Crippen molar-refractivity contribution < 1.29 is 0 Å². The number of nitrogens with zero attached hydrogens (tertiary/aromatic N) is 1. The van der Waals surface area contributed by atoms with E-state index in [1.165, 1.54) is 16.7 Å². The minimum absolute atomic E-state index is 0.339. The molecule has 1 aromatic carbocycles. The van der Waals surface area contributed by atoms with Gasteiger partial charge in [-0.1, -0.05) is 29.8 Å². The van der Waals surface area contributed by atoms with E-state index in [-0.39, 0.29) is 0 Å². The van der Waals surface area contributed by atoms with Crippen LogP contribution in [0.5, 0.6) is 0 Å². The Balaban J connectivity index is 1.80. The predicted octanol–water partition coefficient (Wildman–Crippen LogP) is 3.39. The molecule has 0 fully saturated rings. The van der Waals surface area contributed by atoms with Gasteiger partial charge in [-0.05, 0) is 39.2 Å². The smallest absolute Gasteiger partial charge is 0.0534 e. The first-order chi connectivity index (χ1) is 9.15. The highest BCUT2D eigenvalue weighted by atomic mass is 15.1. The van der Waals surface area contributed by atoms with Crippen LogP contribution in [0, 0.1) is 6.92 Å². The van der Waals surface area contributed by atoms with Crippen molar-refractivity contribution in [2.75, 3.05) is 0 Å². The Morgan fingerprint density at radius 2 is 2.16 bits per heavy atom. The van der Waals surface area contributed by atoms with Gasteiger partial charge in [-0.3, -0.25) is 5.10 Å². The second-order valence-corrected chi connectivity index (χ2v) is 5.35. The van der Waals surface area contributed by atoms with Crippen LogP contribution in [0.1, 0.15) is 43.0 Å². The van der Waals surface area contributed by atoms with Crippen LogP contribution in [-0.4, -0.2) is 16.2 Å². The SMILES string of the molecule is Cc1cccc(CCC(C)NC(C)c2cn[nH]c2)c1. The Hall–Kier alpha value is -1.61. The molecule has 1 aromatic heterocycles. The summed E-state index contributed by atoms with van der Waals surface area (Å²) in [5.74, 6) is 0. The van der Waals surface area contributed by atoms with E-state index in [1.807, 2.05) is 12.4 Å². The van der Waals surface area contributed by atoms with E-state index in [9.17, 15) is 0 Å². The first kappa shape index (κ1) is 13.8. The minimum Gasteiger partial charge on any atom is -0.308 e. The Morgan fingerprint density at radius 1 is 1.32 bits per heavy atom. The van der Waals surface area contributed by atoms with Crippen molar-refractivity contribution in [2.45, 2.75) is 45.7 Å². The normalized spacial score (nSPS) is 14.3. The molecule has 19 heavy (non-hydrogen) atoms. The van der Waals surface area contributed by atoms with Crippen molar-refractivity contribution in [1.82, 2.24) is 15.5 Å². The van der Waals surface area contributed by atoms with Crippen molar-refractivity contribution in [3.05, 3.63) is 53.3 Å². The fraction of sp³-hybridized carbons (Fsp3) is 0.438. The molecule has 0 radical (unpaired) electrons. The Morgan fingerprint density at radius 3 is 2.84 bits per heavy atom. The summed E-state index contributed by atoms with van der Waals surface area (Å²) in [6.45, 7) is 6.56. The number of aromatic nitrogens is 2. The van der Waals surface area contributed by atoms with Crippen LogP contribution >= 0.6 is 0 Å². The molecule has 2 unspecified atom stereocenters. The van der Waals surface area contributed by atoms with Crippen molar-refractivity contribution >= 4 is 0 Å². The molecule has 3 heteroatoms. The zero-order valence-corrected chi connectivity index (χ0v) is 12.0. The molecule has 102 valence electrons. The van der Waals surface area contributed by atoms with E-state index >= 15 is 0 Å². The van der Waals surface area contributed by atoms with Gasteiger partial charge in [0.1, 0.15) is 0 Å². The van der Waals surface area contributed by atoms with Gasteiger partial charge in [0.2, 0.25) is 0 Å². The zero-order valence-electron chi connectivity index (χ0n) is 12.0. The average molecular weight is 257 g/mol. The molecular weight excluding hydrogens is 234 g/mol. The molecule has 3 nitrogen and oxygen atoms in total. The summed E-state index contributed by atoms with van der Waals surface area (Å²) < 4.78 is 0. The van der Waals surface area contributed by atoms with E-state index < -0.39 is 0 Å². The summed E-state index contributed by atoms with van der Waals surface area (Å²) in [6, 6.07) is 9.59. The number of nitrogens with one attached hydrogen (secondary N) is 2. The lowest BCUT2D eigenvalue weighted by Crippen LogP contribution is -2.29. The number of benzene rings is 1. The second-order valence-electron chi connectivity index (χ2n) is 5.35. The lowest BCUT2D eigenvalue weighted by atomic mass is 10.0. The van der Waals surface area contributed by atoms with Crippen LogP contribution in [0.25, 0.3) is 0 Å². The van der Waals surface area contributed by atoms with E-state index in [0.717, 1.165) is 12.8 Å². The molecular formula is C16H23N3. The molecule has 2 atom stereocenters. The monoisotopic (exact) mass is 257 g/mol. The summed E-state index contributed by atoms with van der Waals surface area (Å²) in [5.41, 5.74) is 3.97. The summed E-state index contributed by atoms with van der Waals surface area (Å²) in [7, 11) is 0. The molecule has 0 spiro atoms. The van der Waals surface area contributed by atoms with Gasteiger partial charge in [0, 0.05) is 23.8 Å². The molecule has 2 aromatic rings. The largest absolute Gasteiger partial charge is 0.308 e. The topological polar surface area (TPSA) is 40.7 Å². The predicted molar refractivity (Wildman–Crippen MR) is 79.1 cm³/mol. The third kappa shape index (κ3) is 4.21. The third-order valence-corrected chi connectivity index (χ3v) is 3.50. The van der Waals surface area contributed by atoms with Gasteiger partial charge in [0.25, 0.3) is 0 Å². The summed E-state index contributed by atoms with van der Waals surface area (Å²) in [6.07, 6.45) is 6.09. The van der Waals surface area contributed by atoms with Crippen molar-refractivity contribution in [2.24, 2.45) is 0 Å². The summed E-state index contributed by atoms with van der Waals surface area (Å²) in [5, 5.41) is 10.5. The third-order valence-electron chi connectivity index (χ3n) is 3.50. The number of aromatic amines is 1. The highest BCUT2D eigenvalue weighted by Crippen LogP contribution is 2.13. The summed E-state index contributed by atoms with van der Waals surface area (Å²) >= 11 is 0. The van der Waals surface area contributed by atoms with E-state index in [2.05, 4.69) is 60.6 Å². The first-order valence-corrected chi connectivity index (χ1v) is 6.95. The van der Waals surface area contributed by atoms with E-state index in [1.54, 1.807) is 0 Å². The van der Waals surface area contributed by atoms with Crippen LogP contribution in [0.3, 0.4) is 0 Å². The van der Waals surface area contributed by atoms with Gasteiger partial charge >= 0.3 is 0 Å². The molecule has 2 rings (SSSR count). The second kappa shape index (κ2) is 6.53. The van der Waals surface area contributed by atoms with E-state index in [0.29, 0.717) is 12.1 Å². The van der Waals surface area contributed by atoms with Crippen molar-refractivity contribution in [3.63, 3.8) is 0 Å². The molecule has 0 amide bonds. The summed E-state index contributed by atoms with van der Waals surface area (Å²) in [4.78, 5) is 0. The van der Waals surface area contributed by atoms with Gasteiger partial charge in [0.15, 0.2) is 0 Å². The molecule has 0 bridgehead atoms. The lowest BCUT2D eigenvalue weighted by Gasteiger charge is -2.19. The van der Waals surface area contributed by atoms with Gasteiger partial charge in [-0.2, -0.15) is 5.10 Å². The van der Waals surface area contributed by atoms with Gasteiger partial charge in [-0.25, -0.2) is 0 Å². The number of hydrogen-bond donors (Lipinski definition) is 2. The first-order valence-electron chi connectivity index (χ1n) is 6.95. The van der Waals surface area contributed by atoms with Crippen molar-refractivity contribution in [1.29, 1.82) is 0 Å². The molecule has 0 saturated carbocycles. The van der Waals surface area contributed by atoms with Gasteiger partial charge < -0.3 is 5.32 Å². The molecule has 0 aliphatic carbocycles. The molecule has 0 aliphatic rings. The van der Waals surface area contributed by atoms with Gasteiger partial charge in [0.05, 0.1) is 6.20 Å². The van der Waals surface area contributed by atoms with Crippen LogP contribution in [0.2, 0.25) is 0 Å². The Bertz CT molecular complexity index is 490. The fourth-order valence-electron chi connectivity index (χ4n) is 2.35. The number of hydrogen-bond acceptors (Lipinski definition) is 2. The molecule has 1 heterocycles. The zero-order chi connectivity index (χ0) is 13.7. The highest BCUT2D eigenvalue weighted by molar-refractivity contribution is 5.22. The maximum atomic E-state index is 3.99. The minimum atomic E-state index is 0.339. The van der Waals surface area contributed by atoms with Crippen LogP contribution in [-0.2, 0) is 6.42 Å². The maximum Gasteiger partial charge on any atom is 0.0534 e. The van der Waals surface area contributed by atoms with Gasteiger partial charge in [-0.15, -0.1) is 0 Å². The highest BCUT2D eigenvalue weighted by Gasteiger charge is 2.10. The Labute approximate surface area is 115 Å². The number of H-pyrrole nitrogens is 1. The number of aryl methyl sites for hydroxylation is 2. The van der Waals surface area contributed by atoms with Crippen LogP contribution in [0.4, 0.5) is 0 Å².